The molecule has 4 rings (SSSR count). The quantitative estimate of drug-likeness (QED) is 0.221. The maximum atomic E-state index is 13.8. The standard InChI is InChI=1S/C34H42ClN7O6/c1-7-8-17-42(30(31(44)38-34(3,4)5)25-11-9-10-12-26(25)35)27(43)19-41-18-23(39-40-41)20-48-24-15-13-22(14-16-24)29-28(32(45)47-6)21(2)36-33(46)37-29/h9-16,18,29-30H,7-8,17,19-20H2,1-6H3,(H,38,44)(H2,36,37,46). The van der Waals surface area contributed by atoms with Gasteiger partial charge in [0.05, 0.1) is 24.9 Å². The van der Waals surface area contributed by atoms with Crippen LogP contribution in [0.3, 0.4) is 0 Å². The molecule has 1 aliphatic rings. The molecule has 0 radical (unpaired) electrons. The lowest BCUT2D eigenvalue weighted by Crippen LogP contribution is -2.50. The van der Waals surface area contributed by atoms with Gasteiger partial charge in [-0.05, 0) is 57.9 Å². The third-order valence-corrected chi connectivity index (χ3v) is 7.83. The van der Waals surface area contributed by atoms with Crippen LogP contribution in [-0.4, -0.2) is 62.9 Å². The number of urea groups is 1. The molecule has 0 fully saturated rings. The highest BCUT2D eigenvalue weighted by atomic mass is 35.5. The number of halogens is 1. The minimum absolute atomic E-state index is 0.0693. The number of benzene rings is 2. The number of rotatable bonds is 13. The van der Waals surface area contributed by atoms with Crippen LogP contribution < -0.4 is 20.7 Å². The lowest BCUT2D eigenvalue weighted by Gasteiger charge is -2.34. The number of methoxy groups -OCH3 is 1. The first-order valence-corrected chi connectivity index (χ1v) is 16.0. The van der Waals surface area contributed by atoms with Crippen molar-refractivity contribution in [1.82, 2.24) is 35.8 Å². The van der Waals surface area contributed by atoms with E-state index in [1.807, 2.05) is 27.7 Å². The van der Waals surface area contributed by atoms with Gasteiger partial charge in [-0.2, -0.15) is 0 Å². The van der Waals surface area contributed by atoms with Crippen LogP contribution in [-0.2, 0) is 32.3 Å². The molecule has 0 saturated carbocycles. The summed E-state index contributed by atoms with van der Waals surface area (Å²) in [5.41, 5.74) is 1.89. The van der Waals surface area contributed by atoms with Crippen molar-refractivity contribution < 1.29 is 28.7 Å². The van der Waals surface area contributed by atoms with Crippen LogP contribution in [0.4, 0.5) is 4.79 Å². The Kier molecular flexibility index (Phi) is 11.8. The van der Waals surface area contributed by atoms with Gasteiger partial charge in [0.2, 0.25) is 11.8 Å². The Hall–Kier alpha value is -4.91. The van der Waals surface area contributed by atoms with Crippen molar-refractivity contribution in [3.63, 3.8) is 0 Å². The summed E-state index contributed by atoms with van der Waals surface area (Å²) in [6.45, 7) is 9.57. The van der Waals surface area contributed by atoms with Crippen LogP contribution in [0.5, 0.6) is 5.75 Å². The number of nitrogens with one attached hydrogen (secondary N) is 3. The van der Waals surface area contributed by atoms with Crippen molar-refractivity contribution in [2.24, 2.45) is 0 Å². The zero-order chi connectivity index (χ0) is 35.0. The second kappa shape index (κ2) is 15.8. The minimum atomic E-state index is -0.937. The topological polar surface area (TPSA) is 157 Å². The maximum Gasteiger partial charge on any atom is 0.337 e. The predicted molar refractivity (Wildman–Crippen MR) is 179 cm³/mol. The largest absolute Gasteiger partial charge is 0.487 e. The van der Waals surface area contributed by atoms with E-state index < -0.39 is 29.6 Å². The van der Waals surface area contributed by atoms with Crippen molar-refractivity contribution in [1.29, 1.82) is 0 Å². The first kappa shape index (κ1) is 35.9. The van der Waals surface area contributed by atoms with Crippen molar-refractivity contribution in [3.05, 3.63) is 87.8 Å². The number of hydrogen-bond acceptors (Lipinski definition) is 8. The van der Waals surface area contributed by atoms with Gasteiger partial charge in [-0.25, -0.2) is 14.3 Å². The van der Waals surface area contributed by atoms with Crippen molar-refractivity contribution in [2.45, 2.75) is 78.2 Å². The van der Waals surface area contributed by atoms with Crippen molar-refractivity contribution >= 4 is 35.4 Å². The SMILES string of the molecule is CCCCN(C(=O)Cn1cc(COc2ccc(C3NC(=O)NC(C)=C3C(=O)OC)cc2)nn1)C(C(=O)NC(C)(C)C)c1ccccc1Cl. The van der Waals surface area contributed by atoms with Gasteiger partial charge in [-0.15, -0.1) is 5.10 Å². The van der Waals surface area contributed by atoms with Gasteiger partial charge in [0.1, 0.15) is 30.6 Å². The molecule has 1 aliphatic heterocycles. The summed E-state index contributed by atoms with van der Waals surface area (Å²) in [6.07, 6.45) is 3.13. The normalized spacial score (nSPS) is 15.2. The van der Waals surface area contributed by atoms with E-state index in [2.05, 4.69) is 26.3 Å². The lowest BCUT2D eigenvalue weighted by molar-refractivity contribution is -0.142. The molecular weight excluding hydrogens is 638 g/mol. The van der Waals surface area contributed by atoms with Gasteiger partial charge in [0.15, 0.2) is 0 Å². The van der Waals surface area contributed by atoms with Crippen molar-refractivity contribution in [2.75, 3.05) is 13.7 Å². The Labute approximate surface area is 285 Å². The molecule has 0 aliphatic carbocycles. The summed E-state index contributed by atoms with van der Waals surface area (Å²) < 4.78 is 12.2. The first-order chi connectivity index (χ1) is 22.8. The van der Waals surface area contributed by atoms with E-state index in [1.54, 1.807) is 66.6 Å². The highest BCUT2D eigenvalue weighted by molar-refractivity contribution is 6.31. The average molecular weight is 680 g/mol. The van der Waals surface area contributed by atoms with Crippen LogP contribution in [0.25, 0.3) is 0 Å². The molecule has 14 heteroatoms. The predicted octanol–water partition coefficient (Wildman–Crippen LogP) is 4.60. The molecule has 3 N–H and O–H groups in total. The van der Waals surface area contributed by atoms with Crippen molar-refractivity contribution in [3.8, 4) is 5.75 Å². The number of aromatic nitrogens is 3. The van der Waals surface area contributed by atoms with Crippen LogP contribution in [0.1, 0.15) is 76.4 Å². The summed E-state index contributed by atoms with van der Waals surface area (Å²) in [6, 6.07) is 11.9. The van der Waals surface area contributed by atoms with Gasteiger partial charge in [-0.3, -0.25) is 9.59 Å². The molecule has 0 bridgehead atoms. The Morgan fingerprint density at radius 2 is 1.83 bits per heavy atom. The zero-order valence-corrected chi connectivity index (χ0v) is 28.8. The molecule has 0 spiro atoms. The molecule has 256 valence electrons. The van der Waals surface area contributed by atoms with E-state index in [4.69, 9.17) is 21.1 Å². The summed E-state index contributed by atoms with van der Waals surface area (Å²) in [4.78, 5) is 53.5. The minimum Gasteiger partial charge on any atom is -0.487 e. The number of hydrogen-bond donors (Lipinski definition) is 3. The zero-order valence-electron chi connectivity index (χ0n) is 28.0. The monoisotopic (exact) mass is 679 g/mol. The fourth-order valence-electron chi connectivity index (χ4n) is 5.26. The van der Waals surface area contributed by atoms with Gasteiger partial charge in [0.25, 0.3) is 0 Å². The van der Waals surface area contributed by atoms with E-state index in [0.29, 0.717) is 51.8 Å². The molecule has 4 amide bonds. The molecule has 2 aromatic carbocycles. The number of nitrogens with zero attached hydrogens (tertiary/aromatic N) is 4. The second-order valence-electron chi connectivity index (χ2n) is 12.4. The van der Waals surface area contributed by atoms with E-state index >= 15 is 0 Å². The van der Waals surface area contributed by atoms with Gasteiger partial charge >= 0.3 is 12.0 Å². The summed E-state index contributed by atoms with van der Waals surface area (Å²) in [7, 11) is 1.28. The van der Waals surface area contributed by atoms with Crippen LogP contribution in [0.15, 0.2) is 66.0 Å². The molecule has 2 unspecified atom stereocenters. The molecule has 48 heavy (non-hydrogen) atoms. The van der Waals surface area contributed by atoms with E-state index in [1.165, 1.54) is 11.8 Å². The number of allylic oxidation sites excluding steroid dienone is 1. The van der Waals surface area contributed by atoms with E-state index in [0.717, 1.165) is 6.42 Å². The fraction of sp³-hybridized carbons (Fsp3) is 0.412. The molecule has 0 saturated heterocycles. The lowest BCUT2D eigenvalue weighted by atomic mass is 9.95. The van der Waals surface area contributed by atoms with Gasteiger partial charge in [-0.1, -0.05) is 60.5 Å². The number of ether oxygens (including phenoxy) is 2. The Morgan fingerprint density at radius 3 is 2.48 bits per heavy atom. The Bertz CT molecular complexity index is 1660. The van der Waals surface area contributed by atoms with Crippen LogP contribution in [0, 0.1) is 0 Å². The molecule has 3 aromatic rings. The molecular formula is C34H42ClN7O6. The smallest absolute Gasteiger partial charge is 0.337 e. The third kappa shape index (κ3) is 9.12. The van der Waals surface area contributed by atoms with E-state index in [-0.39, 0.29) is 25.0 Å². The molecule has 2 atom stereocenters. The second-order valence-corrected chi connectivity index (χ2v) is 12.8. The fourth-order valence-corrected chi connectivity index (χ4v) is 5.50. The number of amides is 4. The molecule has 2 heterocycles. The maximum absolute atomic E-state index is 13.8. The van der Waals surface area contributed by atoms with Gasteiger partial charge in [0, 0.05) is 28.4 Å². The van der Waals surface area contributed by atoms with Crippen LogP contribution in [0.2, 0.25) is 5.02 Å². The highest BCUT2D eigenvalue weighted by Gasteiger charge is 2.35. The van der Waals surface area contributed by atoms with E-state index in [9.17, 15) is 19.2 Å². The summed E-state index contributed by atoms with van der Waals surface area (Å²) >= 11 is 6.55. The number of carbonyl (C=O) groups is 4. The number of carbonyl (C=O) groups excluding carboxylic acids is 4. The van der Waals surface area contributed by atoms with Crippen LogP contribution >= 0.6 is 11.6 Å². The number of esters is 1. The highest BCUT2D eigenvalue weighted by Crippen LogP contribution is 2.30. The van der Waals surface area contributed by atoms with Gasteiger partial charge < -0.3 is 30.3 Å². The number of unbranched alkanes of at least 4 members (excludes halogenated alkanes) is 1. The average Bonchev–Trinajstić information content (AvgIpc) is 3.48. The summed E-state index contributed by atoms with van der Waals surface area (Å²) in [5.74, 6) is -0.670. The summed E-state index contributed by atoms with van der Waals surface area (Å²) in [5, 5.41) is 17.0. The first-order valence-electron chi connectivity index (χ1n) is 15.7. The Balaban J connectivity index is 1.46. The third-order valence-electron chi connectivity index (χ3n) is 7.49. The Morgan fingerprint density at radius 1 is 1.12 bits per heavy atom. The molecule has 13 nitrogen and oxygen atoms in total. The molecule has 1 aromatic heterocycles.